The second-order valence-corrected chi connectivity index (χ2v) is 7.79. The van der Waals surface area contributed by atoms with E-state index in [0.29, 0.717) is 5.13 Å². The minimum absolute atomic E-state index is 0.0391. The van der Waals surface area contributed by atoms with Gasteiger partial charge in [-0.3, -0.25) is 4.79 Å². The molecule has 1 amide bonds. The van der Waals surface area contributed by atoms with Crippen LogP contribution in [0.2, 0.25) is 0 Å². The molecule has 1 N–H and O–H groups in total. The van der Waals surface area contributed by atoms with Gasteiger partial charge in [0, 0.05) is 11.7 Å². The van der Waals surface area contributed by atoms with Crippen LogP contribution in [0, 0.1) is 19.8 Å². The van der Waals surface area contributed by atoms with Gasteiger partial charge in [0.25, 0.3) is 0 Å². The molecule has 4 nitrogen and oxygen atoms in total. The van der Waals surface area contributed by atoms with Crippen LogP contribution in [-0.4, -0.2) is 16.1 Å². The normalized spacial score (nSPS) is 11.0. The van der Waals surface area contributed by atoms with Crippen molar-refractivity contribution in [3.63, 3.8) is 0 Å². The van der Waals surface area contributed by atoms with Gasteiger partial charge in [-0.25, -0.2) is 0 Å². The summed E-state index contributed by atoms with van der Waals surface area (Å²) in [7, 11) is 0. The second-order valence-electron chi connectivity index (χ2n) is 5.59. The Morgan fingerprint density at radius 3 is 2.70 bits per heavy atom. The summed E-state index contributed by atoms with van der Waals surface area (Å²) < 4.78 is 0.880. The van der Waals surface area contributed by atoms with Crippen molar-refractivity contribution in [2.24, 2.45) is 5.92 Å². The molecule has 0 bridgehead atoms. The molecule has 124 valence electrons. The maximum absolute atomic E-state index is 12.1. The van der Waals surface area contributed by atoms with Crippen LogP contribution in [-0.2, 0) is 10.5 Å². The number of anilines is 1. The molecule has 23 heavy (non-hydrogen) atoms. The number of nitrogens with one attached hydrogen (secondary N) is 1. The fourth-order valence-electron chi connectivity index (χ4n) is 2.28. The SMILES string of the molecule is CCC(CC)C(=O)Nc1nnc(SCc2cc(C)ccc2C)s1. The lowest BCUT2D eigenvalue weighted by molar-refractivity contribution is -0.120. The molecule has 1 heterocycles. The number of aromatic nitrogens is 2. The van der Waals surface area contributed by atoms with Crippen molar-refractivity contribution in [1.82, 2.24) is 10.2 Å². The third kappa shape index (κ3) is 5.04. The highest BCUT2D eigenvalue weighted by Gasteiger charge is 2.16. The highest BCUT2D eigenvalue weighted by molar-refractivity contribution is 8.00. The minimum atomic E-state index is 0.0391. The van der Waals surface area contributed by atoms with E-state index in [-0.39, 0.29) is 11.8 Å². The van der Waals surface area contributed by atoms with Gasteiger partial charge < -0.3 is 5.32 Å². The van der Waals surface area contributed by atoms with Gasteiger partial charge in [-0.15, -0.1) is 10.2 Å². The molecule has 0 saturated heterocycles. The average molecular weight is 350 g/mol. The molecule has 0 aliphatic carbocycles. The molecular formula is C17H23N3OS2. The van der Waals surface area contributed by atoms with Crippen molar-refractivity contribution in [1.29, 1.82) is 0 Å². The van der Waals surface area contributed by atoms with E-state index in [1.54, 1.807) is 11.8 Å². The number of rotatable bonds is 7. The Kier molecular flexibility index (Phi) is 6.59. The Morgan fingerprint density at radius 2 is 2.00 bits per heavy atom. The summed E-state index contributed by atoms with van der Waals surface area (Å²) in [4.78, 5) is 12.1. The van der Waals surface area contributed by atoms with Crippen LogP contribution in [0.4, 0.5) is 5.13 Å². The first-order chi connectivity index (χ1) is 11.0. The van der Waals surface area contributed by atoms with Gasteiger partial charge in [-0.2, -0.15) is 0 Å². The van der Waals surface area contributed by atoms with Gasteiger partial charge in [0.05, 0.1) is 0 Å². The number of carbonyl (C=O) groups is 1. The maximum Gasteiger partial charge on any atom is 0.229 e. The molecule has 0 aliphatic heterocycles. The van der Waals surface area contributed by atoms with Gasteiger partial charge in [0.1, 0.15) is 0 Å². The summed E-state index contributed by atoms with van der Waals surface area (Å²) in [5.41, 5.74) is 3.87. The van der Waals surface area contributed by atoms with E-state index in [2.05, 4.69) is 47.6 Å². The summed E-state index contributed by atoms with van der Waals surface area (Å²) in [6.07, 6.45) is 1.69. The number of thioether (sulfide) groups is 1. The van der Waals surface area contributed by atoms with E-state index in [9.17, 15) is 4.79 Å². The summed E-state index contributed by atoms with van der Waals surface area (Å²) >= 11 is 3.10. The molecular weight excluding hydrogens is 326 g/mol. The van der Waals surface area contributed by atoms with Crippen LogP contribution in [0.5, 0.6) is 0 Å². The van der Waals surface area contributed by atoms with Crippen molar-refractivity contribution in [3.8, 4) is 0 Å². The van der Waals surface area contributed by atoms with Crippen molar-refractivity contribution < 1.29 is 4.79 Å². The van der Waals surface area contributed by atoms with Gasteiger partial charge in [-0.1, -0.05) is 60.7 Å². The van der Waals surface area contributed by atoms with Gasteiger partial charge >= 0.3 is 0 Å². The fraction of sp³-hybridized carbons (Fsp3) is 0.471. The van der Waals surface area contributed by atoms with E-state index in [1.165, 1.54) is 28.0 Å². The number of benzene rings is 1. The molecule has 0 spiro atoms. The van der Waals surface area contributed by atoms with E-state index in [0.717, 1.165) is 22.9 Å². The minimum Gasteiger partial charge on any atom is -0.300 e. The van der Waals surface area contributed by atoms with Gasteiger partial charge in [-0.05, 0) is 37.8 Å². The molecule has 2 rings (SSSR count). The molecule has 1 aromatic heterocycles. The Bertz CT molecular complexity index is 666. The first-order valence-electron chi connectivity index (χ1n) is 7.86. The van der Waals surface area contributed by atoms with Gasteiger partial charge in [0.2, 0.25) is 11.0 Å². The Balaban J connectivity index is 1.94. The Labute approximate surface area is 146 Å². The van der Waals surface area contributed by atoms with Crippen LogP contribution in [0.25, 0.3) is 0 Å². The number of carbonyl (C=O) groups excluding carboxylic acids is 1. The quantitative estimate of drug-likeness (QED) is 0.575. The van der Waals surface area contributed by atoms with Crippen molar-refractivity contribution in [2.75, 3.05) is 5.32 Å². The number of hydrogen-bond donors (Lipinski definition) is 1. The monoisotopic (exact) mass is 349 g/mol. The average Bonchev–Trinajstić information content (AvgIpc) is 2.97. The van der Waals surface area contributed by atoms with Crippen molar-refractivity contribution in [2.45, 2.75) is 50.6 Å². The van der Waals surface area contributed by atoms with Crippen LogP contribution >= 0.6 is 23.1 Å². The molecule has 0 atom stereocenters. The van der Waals surface area contributed by atoms with E-state index in [1.807, 2.05) is 13.8 Å². The highest BCUT2D eigenvalue weighted by Crippen LogP contribution is 2.29. The topological polar surface area (TPSA) is 54.9 Å². The number of aryl methyl sites for hydroxylation is 2. The number of amides is 1. The Morgan fingerprint density at radius 1 is 1.26 bits per heavy atom. The van der Waals surface area contributed by atoms with E-state index in [4.69, 9.17) is 0 Å². The molecule has 6 heteroatoms. The first-order valence-corrected chi connectivity index (χ1v) is 9.67. The highest BCUT2D eigenvalue weighted by atomic mass is 32.2. The summed E-state index contributed by atoms with van der Waals surface area (Å²) in [5, 5.41) is 11.7. The third-order valence-electron chi connectivity index (χ3n) is 3.85. The molecule has 0 fully saturated rings. The lowest BCUT2D eigenvalue weighted by Gasteiger charge is -2.09. The largest absolute Gasteiger partial charge is 0.300 e. The van der Waals surface area contributed by atoms with Crippen LogP contribution < -0.4 is 5.32 Å². The summed E-state index contributed by atoms with van der Waals surface area (Å²) in [6.45, 7) is 8.28. The van der Waals surface area contributed by atoms with Crippen LogP contribution in [0.3, 0.4) is 0 Å². The van der Waals surface area contributed by atoms with Crippen molar-refractivity contribution >= 4 is 34.1 Å². The summed E-state index contributed by atoms with van der Waals surface area (Å²) in [6, 6.07) is 6.48. The predicted octanol–water partition coefficient (Wildman–Crippen LogP) is 4.82. The van der Waals surface area contributed by atoms with Gasteiger partial charge in [0.15, 0.2) is 4.34 Å². The lowest BCUT2D eigenvalue weighted by Crippen LogP contribution is -2.21. The molecule has 0 radical (unpaired) electrons. The number of hydrogen-bond acceptors (Lipinski definition) is 5. The van der Waals surface area contributed by atoms with E-state index < -0.39 is 0 Å². The Hall–Kier alpha value is -1.40. The van der Waals surface area contributed by atoms with Crippen LogP contribution in [0.15, 0.2) is 22.5 Å². The zero-order valence-electron chi connectivity index (χ0n) is 14.0. The molecule has 0 unspecified atom stereocenters. The smallest absolute Gasteiger partial charge is 0.229 e. The molecule has 1 aromatic carbocycles. The molecule has 2 aromatic rings. The standard InChI is InChI=1S/C17H23N3OS2/c1-5-13(6-2)15(21)18-16-19-20-17(23-16)22-10-14-9-11(3)7-8-12(14)4/h7-9,13H,5-6,10H2,1-4H3,(H,18,19,21). The predicted molar refractivity (Wildman–Crippen MR) is 98.1 cm³/mol. The van der Waals surface area contributed by atoms with Crippen molar-refractivity contribution in [3.05, 3.63) is 34.9 Å². The zero-order valence-corrected chi connectivity index (χ0v) is 15.7. The lowest BCUT2D eigenvalue weighted by atomic mass is 10.0. The second kappa shape index (κ2) is 8.45. The number of nitrogens with zero attached hydrogens (tertiary/aromatic N) is 2. The maximum atomic E-state index is 12.1. The molecule has 0 aliphatic rings. The van der Waals surface area contributed by atoms with E-state index >= 15 is 0 Å². The third-order valence-corrected chi connectivity index (χ3v) is 5.87. The fourth-order valence-corrected chi connectivity index (χ4v) is 4.10. The summed E-state index contributed by atoms with van der Waals surface area (Å²) in [5.74, 6) is 0.949. The van der Waals surface area contributed by atoms with Crippen LogP contribution in [0.1, 0.15) is 43.4 Å². The zero-order chi connectivity index (χ0) is 16.8. The molecule has 0 saturated carbocycles. The first kappa shape index (κ1) is 17.9.